The zero-order chi connectivity index (χ0) is 21.6. The Hall–Kier alpha value is -3.25. The minimum atomic E-state index is -0.306. The van der Waals surface area contributed by atoms with Crippen LogP contribution in [-0.4, -0.2) is 23.3 Å². The smallest absolute Gasteiger partial charge is 0.268 e. The van der Waals surface area contributed by atoms with Crippen molar-refractivity contribution in [1.29, 1.82) is 0 Å². The summed E-state index contributed by atoms with van der Waals surface area (Å²) < 4.78 is 11.0. The van der Waals surface area contributed by atoms with Crippen LogP contribution in [0, 0.1) is 0 Å². The Morgan fingerprint density at radius 2 is 1.71 bits per heavy atom. The Balaban J connectivity index is 1.63. The average molecular weight is 434 g/mol. The lowest BCUT2D eigenvalue weighted by atomic mass is 10.1. The number of imide groups is 1. The van der Waals surface area contributed by atoms with Crippen molar-refractivity contribution in [1.82, 2.24) is 4.90 Å². The van der Waals surface area contributed by atoms with Crippen molar-refractivity contribution >= 4 is 29.1 Å². The fourth-order valence-electron chi connectivity index (χ4n) is 3.31. The van der Waals surface area contributed by atoms with Crippen LogP contribution in [0.15, 0.2) is 82.3 Å². The quantitative estimate of drug-likeness (QED) is 0.430. The number of ether oxygens (including phenoxy) is 1. The third kappa shape index (κ3) is 4.75. The molecule has 0 saturated heterocycles. The SMILES string of the molecule is CCCOc1ccc(C2=C(SCc3ccccc3)C(=O)N(Cc3ccco3)C2=O)cc1. The van der Waals surface area contributed by atoms with Gasteiger partial charge in [0, 0.05) is 5.75 Å². The zero-order valence-electron chi connectivity index (χ0n) is 17.2. The molecule has 0 unspecified atom stereocenters. The molecule has 0 bridgehead atoms. The van der Waals surface area contributed by atoms with Crippen molar-refractivity contribution in [3.63, 3.8) is 0 Å². The molecule has 1 aliphatic heterocycles. The van der Waals surface area contributed by atoms with Crippen molar-refractivity contribution in [3.05, 3.63) is 94.8 Å². The van der Waals surface area contributed by atoms with Gasteiger partial charge in [0.1, 0.15) is 11.5 Å². The van der Waals surface area contributed by atoms with Crippen molar-refractivity contribution in [2.75, 3.05) is 6.61 Å². The maximum Gasteiger partial charge on any atom is 0.268 e. The Morgan fingerprint density at radius 3 is 2.39 bits per heavy atom. The summed E-state index contributed by atoms with van der Waals surface area (Å²) in [5.41, 5.74) is 2.23. The Bertz CT molecular complexity index is 1070. The molecule has 0 atom stereocenters. The number of nitrogens with zero attached hydrogens (tertiary/aromatic N) is 1. The maximum atomic E-state index is 13.3. The van der Waals surface area contributed by atoms with Gasteiger partial charge in [0.15, 0.2) is 0 Å². The Morgan fingerprint density at radius 1 is 0.935 bits per heavy atom. The monoisotopic (exact) mass is 433 g/mol. The molecule has 1 aliphatic rings. The summed E-state index contributed by atoms with van der Waals surface area (Å²) in [6, 6.07) is 20.8. The largest absolute Gasteiger partial charge is 0.494 e. The molecule has 2 heterocycles. The summed E-state index contributed by atoms with van der Waals surface area (Å²) in [5.74, 6) is 1.32. The first-order valence-electron chi connectivity index (χ1n) is 10.2. The minimum Gasteiger partial charge on any atom is -0.494 e. The average Bonchev–Trinajstić information content (AvgIpc) is 3.40. The van der Waals surface area contributed by atoms with Gasteiger partial charge in [-0.25, -0.2) is 0 Å². The molecule has 1 aromatic heterocycles. The molecule has 0 saturated carbocycles. The predicted molar refractivity (Wildman–Crippen MR) is 121 cm³/mol. The van der Waals surface area contributed by atoms with Gasteiger partial charge in [-0.1, -0.05) is 49.4 Å². The normalized spacial score (nSPS) is 13.9. The number of rotatable bonds is 9. The third-order valence-corrected chi connectivity index (χ3v) is 6.01. The molecule has 2 amide bonds. The van der Waals surface area contributed by atoms with E-state index in [2.05, 4.69) is 0 Å². The van der Waals surface area contributed by atoms with E-state index >= 15 is 0 Å². The van der Waals surface area contributed by atoms with E-state index in [4.69, 9.17) is 9.15 Å². The second-order valence-corrected chi connectivity index (χ2v) is 8.11. The minimum absolute atomic E-state index is 0.112. The van der Waals surface area contributed by atoms with Crippen LogP contribution in [0.5, 0.6) is 5.75 Å². The van der Waals surface area contributed by atoms with Gasteiger partial charge in [-0.2, -0.15) is 0 Å². The number of hydrogen-bond donors (Lipinski definition) is 0. The molecule has 6 heteroatoms. The van der Waals surface area contributed by atoms with Gasteiger partial charge in [0.05, 0.1) is 29.9 Å². The van der Waals surface area contributed by atoms with Crippen LogP contribution >= 0.6 is 11.8 Å². The van der Waals surface area contributed by atoms with Crippen LogP contribution in [0.25, 0.3) is 5.57 Å². The maximum absolute atomic E-state index is 13.3. The van der Waals surface area contributed by atoms with Crippen LogP contribution in [-0.2, 0) is 21.9 Å². The van der Waals surface area contributed by atoms with E-state index in [-0.39, 0.29) is 18.4 Å². The first-order valence-corrected chi connectivity index (χ1v) is 11.2. The predicted octanol–water partition coefficient (Wildman–Crippen LogP) is 5.28. The highest BCUT2D eigenvalue weighted by atomic mass is 32.2. The van der Waals surface area contributed by atoms with E-state index in [1.54, 1.807) is 12.1 Å². The van der Waals surface area contributed by atoms with Gasteiger partial charge >= 0.3 is 0 Å². The summed E-state index contributed by atoms with van der Waals surface area (Å²) in [7, 11) is 0. The number of benzene rings is 2. The van der Waals surface area contributed by atoms with E-state index in [0.717, 1.165) is 17.7 Å². The lowest BCUT2D eigenvalue weighted by Gasteiger charge is -2.13. The molecule has 5 nitrogen and oxygen atoms in total. The lowest BCUT2D eigenvalue weighted by molar-refractivity contribution is -0.137. The van der Waals surface area contributed by atoms with Crippen LogP contribution in [0.3, 0.4) is 0 Å². The molecule has 4 rings (SSSR count). The molecule has 0 N–H and O–H groups in total. The summed E-state index contributed by atoms with van der Waals surface area (Å²) in [4.78, 5) is 28.2. The van der Waals surface area contributed by atoms with Crippen molar-refractivity contribution in [3.8, 4) is 5.75 Å². The van der Waals surface area contributed by atoms with Crippen molar-refractivity contribution < 1.29 is 18.7 Å². The van der Waals surface area contributed by atoms with E-state index in [0.29, 0.717) is 34.2 Å². The number of thioether (sulfide) groups is 1. The third-order valence-electron chi connectivity index (χ3n) is 4.86. The van der Waals surface area contributed by atoms with E-state index in [9.17, 15) is 9.59 Å². The number of carbonyl (C=O) groups excluding carboxylic acids is 2. The molecule has 3 aromatic rings. The fraction of sp³-hybridized carbons (Fsp3) is 0.200. The standard InChI is InChI=1S/C25H23NO4S/c1-2-14-29-20-12-10-19(11-13-20)22-23(31-17-18-7-4-3-5-8-18)25(28)26(24(22)27)16-21-9-6-15-30-21/h3-13,15H,2,14,16-17H2,1H3. The molecule has 0 fully saturated rings. The fourth-order valence-corrected chi connectivity index (χ4v) is 4.40. The molecule has 0 radical (unpaired) electrons. The highest BCUT2D eigenvalue weighted by Crippen LogP contribution is 2.38. The summed E-state index contributed by atoms with van der Waals surface area (Å²) >= 11 is 1.39. The first-order chi connectivity index (χ1) is 15.2. The molecular weight excluding hydrogens is 410 g/mol. The van der Waals surface area contributed by atoms with Crippen LogP contribution < -0.4 is 4.74 Å². The summed E-state index contributed by atoms with van der Waals surface area (Å²) in [6.07, 6.45) is 2.46. The highest BCUT2D eigenvalue weighted by molar-refractivity contribution is 8.03. The first kappa shape index (κ1) is 21.0. The molecular formula is C25H23NO4S. The lowest BCUT2D eigenvalue weighted by Crippen LogP contribution is -2.30. The van der Waals surface area contributed by atoms with Gasteiger partial charge in [-0.3, -0.25) is 14.5 Å². The van der Waals surface area contributed by atoms with Gasteiger partial charge in [-0.05, 0) is 41.8 Å². The second kappa shape index (κ2) is 9.71. The van der Waals surface area contributed by atoms with E-state index in [1.807, 2.05) is 61.5 Å². The second-order valence-electron chi connectivity index (χ2n) is 7.13. The summed E-state index contributed by atoms with van der Waals surface area (Å²) in [6.45, 7) is 2.79. The highest BCUT2D eigenvalue weighted by Gasteiger charge is 2.39. The molecule has 0 spiro atoms. The number of carbonyl (C=O) groups is 2. The van der Waals surface area contributed by atoms with Gasteiger partial charge in [0.25, 0.3) is 11.8 Å². The van der Waals surface area contributed by atoms with Crippen molar-refractivity contribution in [2.45, 2.75) is 25.6 Å². The van der Waals surface area contributed by atoms with Crippen molar-refractivity contribution in [2.24, 2.45) is 0 Å². The Labute approximate surface area is 185 Å². The Kier molecular flexibility index (Phi) is 6.57. The number of amides is 2. The van der Waals surface area contributed by atoms with Crippen LogP contribution in [0.2, 0.25) is 0 Å². The van der Waals surface area contributed by atoms with Crippen LogP contribution in [0.4, 0.5) is 0 Å². The zero-order valence-corrected chi connectivity index (χ0v) is 18.1. The summed E-state index contributed by atoms with van der Waals surface area (Å²) in [5, 5.41) is 0. The molecule has 31 heavy (non-hydrogen) atoms. The van der Waals surface area contributed by atoms with E-state index in [1.165, 1.54) is 22.9 Å². The topological polar surface area (TPSA) is 59.8 Å². The number of furan rings is 1. The molecule has 0 aliphatic carbocycles. The molecule has 158 valence electrons. The number of hydrogen-bond acceptors (Lipinski definition) is 5. The van der Waals surface area contributed by atoms with Gasteiger partial charge in [0.2, 0.25) is 0 Å². The van der Waals surface area contributed by atoms with Gasteiger partial charge < -0.3 is 9.15 Å². The van der Waals surface area contributed by atoms with E-state index < -0.39 is 0 Å². The molecule has 2 aromatic carbocycles. The van der Waals surface area contributed by atoms with Crippen LogP contribution in [0.1, 0.15) is 30.2 Å². The van der Waals surface area contributed by atoms with Gasteiger partial charge in [-0.15, -0.1) is 11.8 Å².